The van der Waals surface area contributed by atoms with Crippen molar-refractivity contribution in [3.05, 3.63) is 69.7 Å². The molecule has 0 aliphatic rings. The summed E-state index contributed by atoms with van der Waals surface area (Å²) in [5.74, 6) is -0.889. The van der Waals surface area contributed by atoms with Gasteiger partial charge in [0, 0.05) is 11.0 Å². The molecule has 2 rings (SSSR count). The van der Waals surface area contributed by atoms with E-state index in [9.17, 15) is 4.79 Å². The zero-order chi connectivity index (χ0) is 14.4. The normalized spacial score (nSPS) is 10.4. The van der Waals surface area contributed by atoms with Gasteiger partial charge in [-0.15, -0.1) is 0 Å². The van der Waals surface area contributed by atoms with Crippen LogP contribution in [-0.4, -0.2) is 17.6 Å². The SMILES string of the molecule is O=C(O)c1ccc(CNCCc2ccc(Br)cc2)cc1. The van der Waals surface area contributed by atoms with E-state index in [2.05, 4.69) is 33.4 Å². The Bertz CT molecular complexity index is 564. The van der Waals surface area contributed by atoms with Crippen LogP contribution in [0.4, 0.5) is 0 Å². The molecule has 0 aromatic heterocycles. The number of carbonyl (C=O) groups is 1. The smallest absolute Gasteiger partial charge is 0.335 e. The second-order valence-electron chi connectivity index (χ2n) is 4.56. The van der Waals surface area contributed by atoms with Crippen molar-refractivity contribution in [1.82, 2.24) is 5.32 Å². The fourth-order valence-electron chi connectivity index (χ4n) is 1.88. The van der Waals surface area contributed by atoms with E-state index in [1.54, 1.807) is 12.1 Å². The average molecular weight is 334 g/mol. The van der Waals surface area contributed by atoms with Crippen LogP contribution in [0.1, 0.15) is 21.5 Å². The van der Waals surface area contributed by atoms with Gasteiger partial charge >= 0.3 is 5.97 Å². The largest absolute Gasteiger partial charge is 0.478 e. The van der Waals surface area contributed by atoms with Gasteiger partial charge in [0.05, 0.1) is 5.56 Å². The van der Waals surface area contributed by atoms with Crippen LogP contribution in [0.3, 0.4) is 0 Å². The van der Waals surface area contributed by atoms with Crippen molar-refractivity contribution in [3.63, 3.8) is 0 Å². The molecule has 104 valence electrons. The molecule has 0 bridgehead atoms. The van der Waals surface area contributed by atoms with Gasteiger partial charge in [-0.2, -0.15) is 0 Å². The summed E-state index contributed by atoms with van der Waals surface area (Å²) in [5.41, 5.74) is 2.70. The average Bonchev–Trinajstić information content (AvgIpc) is 2.46. The Morgan fingerprint density at radius 3 is 2.20 bits per heavy atom. The van der Waals surface area contributed by atoms with E-state index in [1.165, 1.54) is 5.56 Å². The highest BCUT2D eigenvalue weighted by molar-refractivity contribution is 9.10. The Morgan fingerprint density at radius 2 is 1.60 bits per heavy atom. The van der Waals surface area contributed by atoms with Gasteiger partial charge in [-0.1, -0.05) is 40.2 Å². The first-order valence-corrected chi connectivity index (χ1v) is 7.22. The Morgan fingerprint density at radius 1 is 1.00 bits per heavy atom. The molecule has 20 heavy (non-hydrogen) atoms. The van der Waals surface area contributed by atoms with Gasteiger partial charge < -0.3 is 10.4 Å². The number of aromatic carboxylic acids is 1. The number of carboxylic acid groups (broad SMARTS) is 1. The maximum Gasteiger partial charge on any atom is 0.335 e. The number of hydrogen-bond donors (Lipinski definition) is 2. The summed E-state index contributed by atoms with van der Waals surface area (Å²) >= 11 is 3.42. The van der Waals surface area contributed by atoms with Gasteiger partial charge in [-0.3, -0.25) is 0 Å². The minimum atomic E-state index is -0.889. The first-order valence-electron chi connectivity index (χ1n) is 6.42. The summed E-state index contributed by atoms with van der Waals surface area (Å²) < 4.78 is 1.09. The minimum absolute atomic E-state index is 0.323. The fraction of sp³-hybridized carbons (Fsp3) is 0.188. The predicted molar refractivity (Wildman–Crippen MR) is 83.0 cm³/mol. The molecule has 0 atom stereocenters. The second kappa shape index (κ2) is 7.22. The standard InChI is InChI=1S/C16H16BrNO2/c17-15-7-3-12(4-8-15)9-10-18-11-13-1-5-14(6-2-13)16(19)20/h1-8,18H,9-11H2,(H,19,20). The molecule has 2 aromatic carbocycles. The molecule has 0 amide bonds. The Kier molecular flexibility index (Phi) is 5.32. The molecule has 0 saturated carbocycles. The lowest BCUT2D eigenvalue weighted by Crippen LogP contribution is -2.16. The third-order valence-corrected chi connectivity index (χ3v) is 3.56. The highest BCUT2D eigenvalue weighted by Gasteiger charge is 2.01. The monoisotopic (exact) mass is 333 g/mol. The topological polar surface area (TPSA) is 49.3 Å². The van der Waals surface area contributed by atoms with E-state index in [0.29, 0.717) is 5.56 Å². The molecule has 3 nitrogen and oxygen atoms in total. The van der Waals surface area contributed by atoms with Crippen molar-refractivity contribution in [2.75, 3.05) is 6.54 Å². The minimum Gasteiger partial charge on any atom is -0.478 e. The summed E-state index contributed by atoms with van der Waals surface area (Å²) in [6.45, 7) is 1.64. The van der Waals surface area contributed by atoms with Crippen molar-refractivity contribution in [1.29, 1.82) is 0 Å². The van der Waals surface area contributed by atoms with E-state index in [-0.39, 0.29) is 0 Å². The summed E-state index contributed by atoms with van der Waals surface area (Å²) in [4.78, 5) is 10.7. The van der Waals surface area contributed by atoms with Crippen LogP contribution >= 0.6 is 15.9 Å². The first-order chi connectivity index (χ1) is 9.65. The molecule has 0 saturated heterocycles. The maximum atomic E-state index is 10.7. The predicted octanol–water partition coefficient (Wildman–Crippen LogP) is 3.48. The van der Waals surface area contributed by atoms with Crippen molar-refractivity contribution in [3.8, 4) is 0 Å². The summed E-state index contributed by atoms with van der Waals surface area (Å²) in [5, 5.41) is 12.2. The molecule has 0 unspecified atom stereocenters. The molecular formula is C16H16BrNO2. The van der Waals surface area contributed by atoms with Crippen LogP contribution in [0.2, 0.25) is 0 Å². The van der Waals surface area contributed by atoms with Crippen LogP contribution < -0.4 is 5.32 Å². The maximum absolute atomic E-state index is 10.7. The number of hydrogen-bond acceptors (Lipinski definition) is 2. The van der Waals surface area contributed by atoms with Gasteiger partial charge in [0.1, 0.15) is 0 Å². The van der Waals surface area contributed by atoms with Gasteiger partial charge in [0.2, 0.25) is 0 Å². The first kappa shape index (κ1) is 14.8. The van der Waals surface area contributed by atoms with Crippen LogP contribution in [0, 0.1) is 0 Å². The molecular weight excluding hydrogens is 318 g/mol. The third-order valence-electron chi connectivity index (χ3n) is 3.03. The zero-order valence-corrected chi connectivity index (χ0v) is 12.6. The van der Waals surface area contributed by atoms with Gasteiger partial charge in [0.25, 0.3) is 0 Å². The van der Waals surface area contributed by atoms with E-state index >= 15 is 0 Å². The molecule has 0 fully saturated rings. The Balaban J connectivity index is 1.75. The Hall–Kier alpha value is -1.65. The van der Waals surface area contributed by atoms with E-state index < -0.39 is 5.97 Å². The quantitative estimate of drug-likeness (QED) is 0.795. The molecule has 2 aromatic rings. The summed E-state index contributed by atoms with van der Waals surface area (Å²) in [6, 6.07) is 15.2. The summed E-state index contributed by atoms with van der Waals surface area (Å²) in [7, 11) is 0. The zero-order valence-electron chi connectivity index (χ0n) is 11.0. The number of nitrogens with one attached hydrogen (secondary N) is 1. The Labute approximate surface area is 126 Å². The lowest BCUT2D eigenvalue weighted by atomic mass is 10.1. The molecule has 0 spiro atoms. The lowest BCUT2D eigenvalue weighted by Gasteiger charge is -2.06. The highest BCUT2D eigenvalue weighted by atomic mass is 79.9. The van der Waals surface area contributed by atoms with Gasteiger partial charge in [-0.05, 0) is 48.4 Å². The fourth-order valence-corrected chi connectivity index (χ4v) is 2.15. The highest BCUT2D eigenvalue weighted by Crippen LogP contribution is 2.10. The molecule has 0 aliphatic carbocycles. The van der Waals surface area contributed by atoms with Crippen molar-refractivity contribution >= 4 is 21.9 Å². The second-order valence-corrected chi connectivity index (χ2v) is 5.47. The van der Waals surface area contributed by atoms with E-state index in [4.69, 9.17) is 5.11 Å². The number of carboxylic acids is 1. The number of halogens is 1. The van der Waals surface area contributed by atoms with Crippen LogP contribution in [0.5, 0.6) is 0 Å². The van der Waals surface area contributed by atoms with Crippen LogP contribution in [-0.2, 0) is 13.0 Å². The third kappa shape index (κ3) is 4.47. The molecule has 0 heterocycles. The molecule has 4 heteroatoms. The molecule has 2 N–H and O–H groups in total. The molecule has 0 aliphatic heterocycles. The van der Waals surface area contributed by atoms with E-state index in [1.807, 2.05) is 24.3 Å². The number of rotatable bonds is 6. The van der Waals surface area contributed by atoms with E-state index in [0.717, 1.165) is 29.5 Å². The number of benzene rings is 2. The van der Waals surface area contributed by atoms with Gasteiger partial charge in [0.15, 0.2) is 0 Å². The van der Waals surface area contributed by atoms with Gasteiger partial charge in [-0.25, -0.2) is 4.79 Å². The van der Waals surface area contributed by atoms with Crippen LogP contribution in [0.25, 0.3) is 0 Å². The van der Waals surface area contributed by atoms with Crippen LogP contribution in [0.15, 0.2) is 53.0 Å². The summed E-state index contributed by atoms with van der Waals surface area (Å²) in [6.07, 6.45) is 0.973. The molecule has 0 radical (unpaired) electrons. The lowest BCUT2D eigenvalue weighted by molar-refractivity contribution is 0.0697. The van der Waals surface area contributed by atoms with Crippen molar-refractivity contribution in [2.45, 2.75) is 13.0 Å². The van der Waals surface area contributed by atoms with Crippen molar-refractivity contribution < 1.29 is 9.90 Å². The van der Waals surface area contributed by atoms with Crippen molar-refractivity contribution in [2.24, 2.45) is 0 Å².